The van der Waals surface area contributed by atoms with E-state index in [1.54, 1.807) is 0 Å². The molecule has 0 saturated heterocycles. The summed E-state index contributed by atoms with van der Waals surface area (Å²) in [5, 5.41) is 12.8. The maximum atomic E-state index is 11.1. The van der Waals surface area contributed by atoms with Gasteiger partial charge in [0.15, 0.2) is 5.60 Å². The van der Waals surface area contributed by atoms with Crippen molar-refractivity contribution >= 4 is 5.97 Å². The predicted octanol–water partition coefficient (Wildman–Crippen LogP) is 0.0525. The summed E-state index contributed by atoms with van der Waals surface area (Å²) >= 11 is 0. The SMILES string of the molecule is COC(=O)C(C)(O)CNC1(C)CC1. The molecule has 0 aromatic carbocycles. The second-order valence-electron chi connectivity index (χ2n) is 4.18. The molecule has 0 spiro atoms. The van der Waals surface area contributed by atoms with E-state index in [0.29, 0.717) is 0 Å². The number of carbonyl (C=O) groups excluding carboxylic acids is 1. The number of methoxy groups -OCH3 is 1. The van der Waals surface area contributed by atoms with Crippen LogP contribution in [-0.4, -0.2) is 35.9 Å². The van der Waals surface area contributed by atoms with Crippen molar-refractivity contribution in [3.05, 3.63) is 0 Å². The first-order chi connectivity index (χ1) is 5.90. The van der Waals surface area contributed by atoms with E-state index in [2.05, 4.69) is 17.0 Å². The van der Waals surface area contributed by atoms with Crippen molar-refractivity contribution in [2.24, 2.45) is 0 Å². The fourth-order valence-electron chi connectivity index (χ4n) is 1.04. The Morgan fingerprint density at radius 3 is 2.62 bits per heavy atom. The van der Waals surface area contributed by atoms with E-state index in [-0.39, 0.29) is 12.1 Å². The smallest absolute Gasteiger partial charge is 0.338 e. The van der Waals surface area contributed by atoms with Crippen LogP contribution in [0.3, 0.4) is 0 Å². The van der Waals surface area contributed by atoms with Gasteiger partial charge in [-0.2, -0.15) is 0 Å². The lowest BCUT2D eigenvalue weighted by Gasteiger charge is -2.23. The molecular formula is C9H17NO3. The van der Waals surface area contributed by atoms with E-state index in [0.717, 1.165) is 12.8 Å². The van der Waals surface area contributed by atoms with Crippen LogP contribution in [0.4, 0.5) is 0 Å². The van der Waals surface area contributed by atoms with Crippen molar-refractivity contribution in [3.63, 3.8) is 0 Å². The first kappa shape index (κ1) is 10.5. The van der Waals surface area contributed by atoms with Crippen LogP contribution in [0.15, 0.2) is 0 Å². The third-order valence-corrected chi connectivity index (χ3v) is 2.48. The normalized spacial score (nSPS) is 23.4. The molecule has 0 heterocycles. The van der Waals surface area contributed by atoms with Crippen LogP contribution >= 0.6 is 0 Å². The first-order valence-electron chi connectivity index (χ1n) is 4.45. The molecule has 1 aliphatic rings. The van der Waals surface area contributed by atoms with Gasteiger partial charge in [0.05, 0.1) is 7.11 Å². The Morgan fingerprint density at radius 1 is 1.69 bits per heavy atom. The fraction of sp³-hybridized carbons (Fsp3) is 0.889. The van der Waals surface area contributed by atoms with Crippen molar-refractivity contribution in [2.45, 2.75) is 37.8 Å². The standard InChI is InChI=1S/C9H17NO3/c1-8(4-5-8)10-6-9(2,12)7(11)13-3/h10,12H,4-6H2,1-3H3. The number of carbonyl (C=O) groups is 1. The van der Waals surface area contributed by atoms with E-state index in [9.17, 15) is 9.90 Å². The second-order valence-corrected chi connectivity index (χ2v) is 4.18. The summed E-state index contributed by atoms with van der Waals surface area (Å²) in [6.07, 6.45) is 2.20. The van der Waals surface area contributed by atoms with Crippen LogP contribution in [0.1, 0.15) is 26.7 Å². The predicted molar refractivity (Wildman–Crippen MR) is 48.3 cm³/mol. The number of hydrogen-bond donors (Lipinski definition) is 2. The zero-order chi connectivity index (χ0) is 10.1. The number of rotatable bonds is 4. The van der Waals surface area contributed by atoms with Crippen molar-refractivity contribution in [1.82, 2.24) is 5.32 Å². The van der Waals surface area contributed by atoms with Crippen molar-refractivity contribution in [1.29, 1.82) is 0 Å². The molecule has 1 unspecified atom stereocenters. The summed E-state index contributed by atoms with van der Waals surface area (Å²) in [5.41, 5.74) is -1.29. The Hall–Kier alpha value is -0.610. The van der Waals surface area contributed by atoms with Crippen LogP contribution in [0.25, 0.3) is 0 Å². The molecule has 0 aromatic heterocycles. The Bertz CT molecular complexity index is 209. The van der Waals surface area contributed by atoms with Crippen LogP contribution in [0.2, 0.25) is 0 Å². The zero-order valence-corrected chi connectivity index (χ0v) is 8.39. The van der Waals surface area contributed by atoms with Gasteiger partial charge in [0, 0.05) is 12.1 Å². The largest absolute Gasteiger partial charge is 0.467 e. The molecule has 0 bridgehead atoms. The molecule has 2 N–H and O–H groups in total. The van der Waals surface area contributed by atoms with Gasteiger partial charge in [0.25, 0.3) is 0 Å². The number of esters is 1. The summed E-state index contributed by atoms with van der Waals surface area (Å²) in [5.74, 6) is -0.593. The number of β-amino-alcohol motifs (C(OH)–C–C–N with tert-alkyl or cyclic N) is 1. The highest BCUT2D eigenvalue weighted by molar-refractivity contribution is 5.78. The Morgan fingerprint density at radius 2 is 2.23 bits per heavy atom. The van der Waals surface area contributed by atoms with Gasteiger partial charge in [0.2, 0.25) is 0 Å². The first-order valence-corrected chi connectivity index (χ1v) is 4.45. The number of nitrogens with one attached hydrogen (secondary N) is 1. The Kier molecular flexibility index (Phi) is 2.63. The molecule has 0 aromatic rings. The molecule has 76 valence electrons. The highest BCUT2D eigenvalue weighted by atomic mass is 16.5. The van der Waals surface area contributed by atoms with E-state index >= 15 is 0 Å². The minimum atomic E-state index is -1.42. The average molecular weight is 187 g/mol. The van der Waals surface area contributed by atoms with Gasteiger partial charge >= 0.3 is 5.97 Å². The molecular weight excluding hydrogens is 170 g/mol. The second kappa shape index (κ2) is 3.27. The highest BCUT2D eigenvalue weighted by Gasteiger charge is 2.40. The van der Waals surface area contributed by atoms with E-state index < -0.39 is 11.6 Å². The van der Waals surface area contributed by atoms with Crippen LogP contribution in [0.5, 0.6) is 0 Å². The highest BCUT2D eigenvalue weighted by Crippen LogP contribution is 2.34. The molecule has 0 aliphatic heterocycles. The average Bonchev–Trinajstić information content (AvgIpc) is 2.80. The quantitative estimate of drug-likeness (QED) is 0.611. The third kappa shape index (κ3) is 2.67. The lowest BCUT2D eigenvalue weighted by Crippen LogP contribution is -2.48. The van der Waals surface area contributed by atoms with Crippen LogP contribution in [0, 0.1) is 0 Å². The molecule has 0 amide bonds. The van der Waals surface area contributed by atoms with E-state index in [4.69, 9.17) is 0 Å². The van der Waals surface area contributed by atoms with Gasteiger partial charge in [-0.15, -0.1) is 0 Å². The molecule has 13 heavy (non-hydrogen) atoms. The maximum Gasteiger partial charge on any atom is 0.338 e. The maximum absolute atomic E-state index is 11.1. The monoisotopic (exact) mass is 187 g/mol. The van der Waals surface area contributed by atoms with Crippen LogP contribution < -0.4 is 5.32 Å². The number of aliphatic hydroxyl groups is 1. The Balaban J connectivity index is 2.37. The molecule has 1 saturated carbocycles. The molecule has 1 atom stereocenters. The fourth-order valence-corrected chi connectivity index (χ4v) is 1.04. The van der Waals surface area contributed by atoms with Crippen LogP contribution in [-0.2, 0) is 9.53 Å². The molecule has 0 radical (unpaired) electrons. The minimum Gasteiger partial charge on any atom is -0.467 e. The molecule has 1 aliphatic carbocycles. The summed E-state index contributed by atoms with van der Waals surface area (Å²) in [6.45, 7) is 3.77. The molecule has 4 heteroatoms. The van der Waals surface area contributed by atoms with Crippen molar-refractivity contribution < 1.29 is 14.6 Å². The number of ether oxygens (including phenoxy) is 1. The molecule has 1 fully saturated rings. The van der Waals surface area contributed by atoms with Crippen molar-refractivity contribution in [3.8, 4) is 0 Å². The van der Waals surface area contributed by atoms with Crippen molar-refractivity contribution in [2.75, 3.05) is 13.7 Å². The van der Waals surface area contributed by atoms with Gasteiger partial charge in [-0.25, -0.2) is 4.79 Å². The van der Waals surface area contributed by atoms with Gasteiger partial charge in [-0.05, 0) is 26.7 Å². The summed E-state index contributed by atoms with van der Waals surface area (Å²) in [4.78, 5) is 11.1. The van der Waals surface area contributed by atoms with E-state index in [1.807, 2.05) is 0 Å². The number of hydrogen-bond acceptors (Lipinski definition) is 4. The summed E-state index contributed by atoms with van der Waals surface area (Å²) < 4.78 is 4.47. The van der Waals surface area contributed by atoms with Gasteiger partial charge in [-0.3, -0.25) is 0 Å². The summed E-state index contributed by atoms with van der Waals surface area (Å²) in [7, 11) is 1.27. The lowest BCUT2D eigenvalue weighted by atomic mass is 10.1. The Labute approximate surface area is 78.3 Å². The van der Waals surface area contributed by atoms with Gasteiger partial charge in [0.1, 0.15) is 0 Å². The molecule has 4 nitrogen and oxygen atoms in total. The summed E-state index contributed by atoms with van der Waals surface area (Å²) in [6, 6.07) is 0. The van der Waals surface area contributed by atoms with Gasteiger partial charge < -0.3 is 15.2 Å². The lowest BCUT2D eigenvalue weighted by molar-refractivity contribution is -0.160. The molecule has 1 rings (SSSR count). The van der Waals surface area contributed by atoms with Gasteiger partial charge in [-0.1, -0.05) is 0 Å². The topological polar surface area (TPSA) is 58.6 Å². The minimum absolute atomic E-state index is 0.123. The zero-order valence-electron chi connectivity index (χ0n) is 8.39. The van der Waals surface area contributed by atoms with E-state index in [1.165, 1.54) is 14.0 Å². The third-order valence-electron chi connectivity index (χ3n) is 2.48.